The highest BCUT2D eigenvalue weighted by molar-refractivity contribution is 7.99. The van der Waals surface area contributed by atoms with Crippen LogP contribution in [0.2, 0.25) is 0 Å². The predicted octanol–water partition coefficient (Wildman–Crippen LogP) is 1.35. The summed E-state index contributed by atoms with van der Waals surface area (Å²) in [5.41, 5.74) is 2.07. The summed E-state index contributed by atoms with van der Waals surface area (Å²) in [5, 5.41) is 2.93. The molecule has 1 aliphatic carbocycles. The quantitative estimate of drug-likeness (QED) is 0.845. The normalized spacial score (nSPS) is 20.7. The van der Waals surface area contributed by atoms with E-state index in [0.717, 1.165) is 11.1 Å². The fourth-order valence-electron chi connectivity index (χ4n) is 2.53. The number of fused-ring (bicyclic) bond motifs is 1. The Morgan fingerprint density at radius 3 is 2.84 bits per heavy atom. The number of thioether (sulfide) groups is 1. The van der Waals surface area contributed by atoms with Crippen LogP contribution in [0.3, 0.4) is 0 Å². The molecule has 2 unspecified atom stereocenters. The minimum absolute atomic E-state index is 0.0424. The molecule has 1 aliphatic rings. The van der Waals surface area contributed by atoms with Crippen molar-refractivity contribution in [2.45, 2.75) is 18.4 Å². The number of amides is 1. The molecule has 1 aromatic rings. The fourth-order valence-corrected chi connectivity index (χ4v) is 2.87. The molecule has 0 fully saturated rings. The Balaban J connectivity index is 2.21. The van der Waals surface area contributed by atoms with Crippen LogP contribution in [-0.2, 0) is 20.7 Å². The molecule has 0 radical (unpaired) electrons. The van der Waals surface area contributed by atoms with Gasteiger partial charge in [-0.25, -0.2) is 0 Å². The summed E-state index contributed by atoms with van der Waals surface area (Å²) in [7, 11) is 1.38. The molecule has 1 aromatic carbocycles. The molecular formula is C14H17NO3S. The average molecular weight is 279 g/mol. The Bertz CT molecular complexity index is 489. The third-order valence-corrected chi connectivity index (χ3v) is 3.86. The Hall–Kier alpha value is -1.49. The van der Waals surface area contributed by atoms with Crippen molar-refractivity contribution in [2.24, 2.45) is 0 Å². The minimum atomic E-state index is -0.396. The van der Waals surface area contributed by atoms with E-state index in [1.807, 2.05) is 30.5 Å². The molecule has 0 aromatic heterocycles. The SMILES string of the molecule is COC(=O)C1c2ccccc2CC1NC(=O)CSC. The van der Waals surface area contributed by atoms with E-state index in [-0.39, 0.29) is 17.9 Å². The lowest BCUT2D eigenvalue weighted by Gasteiger charge is -2.19. The van der Waals surface area contributed by atoms with Gasteiger partial charge in [-0.2, -0.15) is 11.8 Å². The van der Waals surface area contributed by atoms with E-state index in [1.54, 1.807) is 0 Å². The number of methoxy groups -OCH3 is 1. The molecule has 0 spiro atoms. The van der Waals surface area contributed by atoms with Crippen molar-refractivity contribution in [2.75, 3.05) is 19.1 Å². The summed E-state index contributed by atoms with van der Waals surface area (Å²) in [4.78, 5) is 23.7. The number of hydrogen-bond acceptors (Lipinski definition) is 4. The molecule has 0 saturated heterocycles. The van der Waals surface area contributed by atoms with Gasteiger partial charge in [-0.3, -0.25) is 9.59 Å². The molecule has 5 heteroatoms. The zero-order valence-electron chi connectivity index (χ0n) is 11.0. The van der Waals surface area contributed by atoms with Gasteiger partial charge >= 0.3 is 5.97 Å². The number of ether oxygens (including phenoxy) is 1. The highest BCUT2D eigenvalue weighted by Crippen LogP contribution is 2.34. The topological polar surface area (TPSA) is 55.4 Å². The standard InChI is InChI=1S/C14H17NO3S/c1-18-14(17)13-10-6-4-3-5-9(10)7-11(13)15-12(16)8-19-2/h3-6,11,13H,7-8H2,1-2H3,(H,15,16). The van der Waals surface area contributed by atoms with Crippen LogP contribution in [0.4, 0.5) is 0 Å². The molecule has 0 aliphatic heterocycles. The number of esters is 1. The van der Waals surface area contributed by atoms with Gasteiger partial charge in [0.25, 0.3) is 0 Å². The first-order valence-electron chi connectivity index (χ1n) is 6.11. The highest BCUT2D eigenvalue weighted by Gasteiger charge is 2.38. The third-order valence-electron chi connectivity index (χ3n) is 3.31. The zero-order valence-corrected chi connectivity index (χ0v) is 11.8. The van der Waals surface area contributed by atoms with E-state index >= 15 is 0 Å². The summed E-state index contributed by atoms with van der Waals surface area (Å²) in [6.07, 6.45) is 2.55. The average Bonchev–Trinajstić information content (AvgIpc) is 2.75. The fraction of sp³-hybridized carbons (Fsp3) is 0.429. The van der Waals surface area contributed by atoms with Crippen LogP contribution < -0.4 is 5.32 Å². The molecule has 4 nitrogen and oxygen atoms in total. The maximum atomic E-state index is 11.9. The summed E-state index contributed by atoms with van der Waals surface area (Å²) in [6.45, 7) is 0. The number of benzene rings is 1. The second-order valence-electron chi connectivity index (χ2n) is 4.51. The second-order valence-corrected chi connectivity index (χ2v) is 5.38. The van der Waals surface area contributed by atoms with Gasteiger partial charge in [-0.05, 0) is 23.8 Å². The van der Waals surface area contributed by atoms with Crippen LogP contribution >= 0.6 is 11.8 Å². The van der Waals surface area contributed by atoms with Gasteiger partial charge in [-0.1, -0.05) is 24.3 Å². The van der Waals surface area contributed by atoms with Crippen molar-refractivity contribution < 1.29 is 14.3 Å². The molecule has 1 N–H and O–H groups in total. The first kappa shape index (κ1) is 13.9. The van der Waals surface area contributed by atoms with Crippen molar-refractivity contribution in [3.63, 3.8) is 0 Å². The van der Waals surface area contributed by atoms with E-state index in [0.29, 0.717) is 12.2 Å². The van der Waals surface area contributed by atoms with E-state index in [1.165, 1.54) is 18.9 Å². The first-order valence-corrected chi connectivity index (χ1v) is 7.50. The Morgan fingerprint density at radius 1 is 1.42 bits per heavy atom. The lowest BCUT2D eigenvalue weighted by Crippen LogP contribution is -2.41. The Morgan fingerprint density at radius 2 is 2.16 bits per heavy atom. The van der Waals surface area contributed by atoms with Crippen molar-refractivity contribution in [1.29, 1.82) is 0 Å². The third kappa shape index (κ3) is 2.92. The van der Waals surface area contributed by atoms with Crippen molar-refractivity contribution in [3.8, 4) is 0 Å². The predicted molar refractivity (Wildman–Crippen MR) is 75.2 cm³/mol. The number of carbonyl (C=O) groups excluding carboxylic acids is 2. The summed E-state index contributed by atoms with van der Waals surface area (Å²) < 4.78 is 4.87. The first-order chi connectivity index (χ1) is 9.17. The maximum absolute atomic E-state index is 11.9. The Kier molecular flexibility index (Phi) is 4.47. The maximum Gasteiger partial charge on any atom is 0.315 e. The van der Waals surface area contributed by atoms with Gasteiger partial charge in [0.15, 0.2) is 0 Å². The van der Waals surface area contributed by atoms with Crippen LogP contribution in [0, 0.1) is 0 Å². The van der Waals surface area contributed by atoms with E-state index in [9.17, 15) is 9.59 Å². The largest absolute Gasteiger partial charge is 0.468 e. The van der Waals surface area contributed by atoms with Crippen molar-refractivity contribution >= 4 is 23.6 Å². The van der Waals surface area contributed by atoms with Gasteiger partial charge in [0, 0.05) is 0 Å². The number of carbonyl (C=O) groups is 2. The Labute approximate surface area is 116 Å². The number of rotatable bonds is 4. The molecular weight excluding hydrogens is 262 g/mol. The summed E-state index contributed by atoms with van der Waals surface area (Å²) >= 11 is 1.46. The van der Waals surface area contributed by atoms with E-state index < -0.39 is 5.92 Å². The van der Waals surface area contributed by atoms with Crippen LogP contribution in [0.25, 0.3) is 0 Å². The molecule has 2 rings (SSSR count). The minimum Gasteiger partial charge on any atom is -0.468 e. The zero-order chi connectivity index (χ0) is 13.8. The molecule has 0 heterocycles. The lowest BCUT2D eigenvalue weighted by atomic mass is 9.98. The van der Waals surface area contributed by atoms with E-state index in [4.69, 9.17) is 4.74 Å². The summed E-state index contributed by atoms with van der Waals surface area (Å²) in [5.74, 6) is -0.327. The monoisotopic (exact) mass is 279 g/mol. The smallest absolute Gasteiger partial charge is 0.315 e. The number of hydrogen-bond donors (Lipinski definition) is 1. The van der Waals surface area contributed by atoms with Crippen LogP contribution in [0.15, 0.2) is 24.3 Å². The summed E-state index contributed by atoms with van der Waals surface area (Å²) in [6, 6.07) is 7.56. The van der Waals surface area contributed by atoms with Gasteiger partial charge in [0.2, 0.25) is 5.91 Å². The number of nitrogens with one attached hydrogen (secondary N) is 1. The molecule has 102 valence electrons. The van der Waals surface area contributed by atoms with Crippen LogP contribution in [0.5, 0.6) is 0 Å². The van der Waals surface area contributed by atoms with Crippen molar-refractivity contribution in [1.82, 2.24) is 5.32 Å². The molecule has 19 heavy (non-hydrogen) atoms. The molecule has 2 atom stereocenters. The van der Waals surface area contributed by atoms with Crippen LogP contribution in [0.1, 0.15) is 17.0 Å². The molecule has 1 amide bonds. The van der Waals surface area contributed by atoms with Crippen molar-refractivity contribution in [3.05, 3.63) is 35.4 Å². The van der Waals surface area contributed by atoms with Gasteiger partial charge in [-0.15, -0.1) is 0 Å². The second kappa shape index (κ2) is 6.10. The van der Waals surface area contributed by atoms with Gasteiger partial charge in [0.05, 0.1) is 18.9 Å². The molecule has 0 bridgehead atoms. The molecule has 0 saturated carbocycles. The lowest BCUT2D eigenvalue weighted by molar-refractivity contribution is -0.143. The van der Waals surface area contributed by atoms with Gasteiger partial charge in [0.1, 0.15) is 5.92 Å². The van der Waals surface area contributed by atoms with Gasteiger partial charge < -0.3 is 10.1 Å². The van der Waals surface area contributed by atoms with E-state index in [2.05, 4.69) is 5.32 Å². The highest BCUT2D eigenvalue weighted by atomic mass is 32.2. The van der Waals surface area contributed by atoms with Crippen LogP contribution in [-0.4, -0.2) is 37.0 Å².